The van der Waals surface area contributed by atoms with Crippen molar-refractivity contribution in [2.75, 3.05) is 34.4 Å². The van der Waals surface area contributed by atoms with Crippen LogP contribution in [-0.4, -0.2) is 45.2 Å². The maximum atomic E-state index is 12.1. The summed E-state index contributed by atoms with van der Waals surface area (Å²) in [5.41, 5.74) is 0.857. The second-order valence-electron chi connectivity index (χ2n) is 5.92. The Morgan fingerprint density at radius 2 is 2.12 bits per heavy atom. The SMILES string of the molecule is CCOc1ccc(/C=C/C(=O)NCC(c2ccco2)N(C)C)cc1OC. The predicted octanol–water partition coefficient (Wildman–Crippen LogP) is 3.12. The van der Waals surface area contributed by atoms with Crippen molar-refractivity contribution in [3.05, 3.63) is 54.0 Å². The summed E-state index contributed by atoms with van der Waals surface area (Å²) in [4.78, 5) is 14.1. The van der Waals surface area contributed by atoms with Gasteiger partial charge in [0.2, 0.25) is 5.91 Å². The summed E-state index contributed by atoms with van der Waals surface area (Å²) in [6.07, 6.45) is 4.88. The van der Waals surface area contributed by atoms with E-state index in [1.807, 2.05) is 56.3 Å². The average Bonchev–Trinajstić information content (AvgIpc) is 3.15. The van der Waals surface area contributed by atoms with E-state index in [-0.39, 0.29) is 11.9 Å². The molecule has 0 aliphatic rings. The van der Waals surface area contributed by atoms with Crippen LogP contribution in [0, 0.1) is 0 Å². The highest BCUT2D eigenvalue weighted by Gasteiger charge is 2.17. The van der Waals surface area contributed by atoms with E-state index < -0.39 is 0 Å². The first kappa shape index (κ1) is 19.6. The van der Waals surface area contributed by atoms with E-state index in [1.54, 1.807) is 19.4 Å². The fraction of sp³-hybridized carbons (Fsp3) is 0.350. The number of nitrogens with zero attached hydrogens (tertiary/aromatic N) is 1. The monoisotopic (exact) mass is 358 g/mol. The number of rotatable bonds is 9. The first-order valence-electron chi connectivity index (χ1n) is 8.51. The van der Waals surface area contributed by atoms with E-state index in [0.717, 1.165) is 11.3 Å². The summed E-state index contributed by atoms with van der Waals surface area (Å²) in [7, 11) is 5.48. The van der Waals surface area contributed by atoms with Crippen molar-refractivity contribution in [3.63, 3.8) is 0 Å². The minimum atomic E-state index is -0.170. The van der Waals surface area contributed by atoms with Crippen molar-refractivity contribution >= 4 is 12.0 Å². The number of hydrogen-bond acceptors (Lipinski definition) is 5. The number of furan rings is 1. The molecule has 0 bridgehead atoms. The maximum Gasteiger partial charge on any atom is 0.244 e. The molecule has 0 fully saturated rings. The fourth-order valence-electron chi connectivity index (χ4n) is 2.51. The third kappa shape index (κ3) is 5.39. The number of benzene rings is 1. The van der Waals surface area contributed by atoms with Crippen LogP contribution in [0.15, 0.2) is 47.1 Å². The smallest absolute Gasteiger partial charge is 0.244 e. The molecule has 2 aromatic rings. The number of ether oxygens (including phenoxy) is 2. The van der Waals surface area contributed by atoms with Gasteiger partial charge in [-0.05, 0) is 56.9 Å². The van der Waals surface area contributed by atoms with Gasteiger partial charge in [-0.3, -0.25) is 9.69 Å². The third-order valence-corrected chi connectivity index (χ3v) is 3.88. The quantitative estimate of drug-likeness (QED) is 0.698. The predicted molar refractivity (Wildman–Crippen MR) is 101 cm³/mol. The maximum absolute atomic E-state index is 12.1. The van der Waals surface area contributed by atoms with Gasteiger partial charge < -0.3 is 19.2 Å². The van der Waals surface area contributed by atoms with Crippen LogP contribution in [0.2, 0.25) is 0 Å². The first-order chi connectivity index (χ1) is 12.5. The Morgan fingerprint density at radius 3 is 2.73 bits per heavy atom. The van der Waals surface area contributed by atoms with E-state index in [4.69, 9.17) is 13.9 Å². The molecule has 1 atom stereocenters. The molecule has 0 aliphatic heterocycles. The van der Waals surface area contributed by atoms with Crippen LogP contribution in [-0.2, 0) is 4.79 Å². The van der Waals surface area contributed by atoms with Crippen LogP contribution in [0.4, 0.5) is 0 Å². The molecule has 1 aromatic carbocycles. The van der Waals surface area contributed by atoms with E-state index in [1.165, 1.54) is 6.08 Å². The lowest BCUT2D eigenvalue weighted by molar-refractivity contribution is -0.116. The summed E-state index contributed by atoms with van der Waals surface area (Å²) >= 11 is 0. The summed E-state index contributed by atoms with van der Waals surface area (Å²) in [6, 6.07) is 9.26. The zero-order valence-corrected chi connectivity index (χ0v) is 15.7. The fourth-order valence-corrected chi connectivity index (χ4v) is 2.51. The molecule has 1 N–H and O–H groups in total. The van der Waals surface area contributed by atoms with Crippen molar-refractivity contribution in [3.8, 4) is 11.5 Å². The van der Waals surface area contributed by atoms with Crippen LogP contribution in [0.25, 0.3) is 6.08 Å². The van der Waals surface area contributed by atoms with Gasteiger partial charge in [-0.1, -0.05) is 6.07 Å². The summed E-state index contributed by atoms with van der Waals surface area (Å²) in [5, 5.41) is 2.90. The van der Waals surface area contributed by atoms with Crippen molar-refractivity contribution in [2.45, 2.75) is 13.0 Å². The van der Waals surface area contributed by atoms with Crippen molar-refractivity contribution in [1.82, 2.24) is 10.2 Å². The minimum absolute atomic E-state index is 0.0204. The van der Waals surface area contributed by atoms with E-state index in [2.05, 4.69) is 5.32 Å². The molecule has 0 saturated carbocycles. The number of carbonyl (C=O) groups excluding carboxylic acids is 1. The van der Waals surface area contributed by atoms with E-state index in [9.17, 15) is 4.79 Å². The van der Waals surface area contributed by atoms with Gasteiger partial charge in [-0.15, -0.1) is 0 Å². The molecule has 0 aliphatic carbocycles. The highest BCUT2D eigenvalue weighted by atomic mass is 16.5. The highest BCUT2D eigenvalue weighted by molar-refractivity contribution is 5.91. The Morgan fingerprint density at radius 1 is 1.31 bits per heavy atom. The Bertz CT molecular complexity index is 723. The second kappa shape index (κ2) is 9.68. The lowest BCUT2D eigenvalue weighted by Gasteiger charge is -2.22. The molecule has 26 heavy (non-hydrogen) atoms. The van der Waals surface area contributed by atoms with Crippen molar-refractivity contribution in [1.29, 1.82) is 0 Å². The topological polar surface area (TPSA) is 63.9 Å². The van der Waals surface area contributed by atoms with Crippen LogP contribution >= 0.6 is 0 Å². The van der Waals surface area contributed by atoms with Gasteiger partial charge in [0.1, 0.15) is 5.76 Å². The molecule has 1 amide bonds. The second-order valence-corrected chi connectivity index (χ2v) is 5.92. The number of amides is 1. The zero-order valence-electron chi connectivity index (χ0n) is 15.7. The molecule has 6 heteroatoms. The number of carbonyl (C=O) groups is 1. The van der Waals surface area contributed by atoms with Crippen LogP contribution in [0.3, 0.4) is 0 Å². The summed E-state index contributed by atoms with van der Waals surface area (Å²) in [6.45, 7) is 2.94. The molecule has 0 radical (unpaired) electrons. The number of likely N-dealkylation sites (N-methyl/N-ethyl adjacent to an activating group) is 1. The highest BCUT2D eigenvalue weighted by Crippen LogP contribution is 2.28. The standard InChI is InChI=1S/C20H26N2O4/c1-5-25-18-10-8-15(13-19(18)24-4)9-11-20(23)21-14-16(22(2)3)17-7-6-12-26-17/h6-13,16H,5,14H2,1-4H3,(H,21,23)/b11-9+. The van der Waals surface area contributed by atoms with Gasteiger partial charge >= 0.3 is 0 Å². The molecule has 6 nitrogen and oxygen atoms in total. The average molecular weight is 358 g/mol. The van der Waals surface area contributed by atoms with E-state index >= 15 is 0 Å². The first-order valence-corrected chi connectivity index (χ1v) is 8.51. The summed E-state index contributed by atoms with van der Waals surface area (Å²) in [5.74, 6) is 1.97. The third-order valence-electron chi connectivity index (χ3n) is 3.88. The number of nitrogens with one attached hydrogen (secondary N) is 1. The Labute approximate surface area is 154 Å². The van der Waals surface area contributed by atoms with Crippen LogP contribution in [0.1, 0.15) is 24.3 Å². The number of methoxy groups -OCH3 is 1. The Hall–Kier alpha value is -2.73. The largest absolute Gasteiger partial charge is 0.493 e. The molecule has 1 heterocycles. The van der Waals surface area contributed by atoms with Gasteiger partial charge in [0.05, 0.1) is 26.0 Å². The molecular formula is C20H26N2O4. The summed E-state index contributed by atoms with van der Waals surface area (Å²) < 4.78 is 16.2. The molecule has 0 saturated heterocycles. The molecule has 1 aromatic heterocycles. The van der Waals surface area contributed by atoms with Crippen LogP contribution in [0.5, 0.6) is 11.5 Å². The number of hydrogen-bond donors (Lipinski definition) is 1. The van der Waals surface area contributed by atoms with Gasteiger partial charge in [-0.25, -0.2) is 0 Å². The minimum Gasteiger partial charge on any atom is -0.493 e. The van der Waals surface area contributed by atoms with Gasteiger partial charge in [0.25, 0.3) is 0 Å². The molecule has 1 unspecified atom stereocenters. The molecular weight excluding hydrogens is 332 g/mol. The molecule has 140 valence electrons. The lowest BCUT2D eigenvalue weighted by Crippen LogP contribution is -2.33. The molecule has 2 rings (SSSR count). The van der Waals surface area contributed by atoms with Gasteiger partial charge in [-0.2, -0.15) is 0 Å². The Balaban J connectivity index is 1.96. The van der Waals surface area contributed by atoms with Gasteiger partial charge in [0.15, 0.2) is 11.5 Å². The van der Waals surface area contributed by atoms with Crippen molar-refractivity contribution in [2.24, 2.45) is 0 Å². The van der Waals surface area contributed by atoms with E-state index in [0.29, 0.717) is 24.7 Å². The van der Waals surface area contributed by atoms with Gasteiger partial charge in [0, 0.05) is 12.6 Å². The zero-order chi connectivity index (χ0) is 18.9. The normalized spacial score (nSPS) is 12.3. The Kier molecular flexibility index (Phi) is 7.29. The lowest BCUT2D eigenvalue weighted by atomic mass is 10.2. The van der Waals surface area contributed by atoms with Crippen LogP contribution < -0.4 is 14.8 Å². The van der Waals surface area contributed by atoms with Crippen molar-refractivity contribution < 1.29 is 18.7 Å². The molecule has 0 spiro atoms.